The van der Waals surface area contributed by atoms with Crippen LogP contribution >= 0.6 is 11.8 Å². The Bertz CT molecular complexity index is 559. The van der Waals surface area contributed by atoms with Gasteiger partial charge in [-0.05, 0) is 6.07 Å². The number of hydrogen-bond donors (Lipinski definition) is 1. The number of rotatable bonds is 3. The van der Waals surface area contributed by atoms with Crippen LogP contribution in [0, 0.1) is 0 Å². The van der Waals surface area contributed by atoms with Crippen molar-refractivity contribution in [1.29, 1.82) is 0 Å². The maximum atomic E-state index is 12.4. The molecule has 0 aromatic carbocycles. The third-order valence-electron chi connectivity index (χ3n) is 2.90. The average Bonchev–Trinajstić information content (AvgIpc) is 2.89. The number of H-pyrrole nitrogens is 1. The van der Waals surface area contributed by atoms with Crippen molar-refractivity contribution in [2.45, 2.75) is 4.90 Å². The summed E-state index contributed by atoms with van der Waals surface area (Å²) >= 11 is 1.75. The predicted molar refractivity (Wildman–Crippen MR) is 74.9 cm³/mol. The summed E-state index contributed by atoms with van der Waals surface area (Å²) in [6.07, 6.45) is 1.38. The molecular formula is C11H17N3O3S2. The highest BCUT2D eigenvalue weighted by molar-refractivity contribution is 7.99. The minimum Gasteiger partial charge on any atom is -0.356 e. The molecule has 1 amide bonds. The Kier molecular flexibility index (Phi) is 4.22. The molecule has 0 bridgehead atoms. The van der Waals surface area contributed by atoms with Crippen LogP contribution < -0.4 is 0 Å². The van der Waals surface area contributed by atoms with E-state index in [1.54, 1.807) is 25.9 Å². The Balaban J connectivity index is 2.24. The van der Waals surface area contributed by atoms with E-state index in [1.807, 2.05) is 0 Å². The summed E-state index contributed by atoms with van der Waals surface area (Å²) in [5, 5.41) is 0. The molecule has 6 nitrogen and oxygen atoms in total. The summed E-state index contributed by atoms with van der Waals surface area (Å²) < 4.78 is 26.2. The van der Waals surface area contributed by atoms with Gasteiger partial charge < -0.3 is 9.88 Å². The number of sulfonamides is 1. The van der Waals surface area contributed by atoms with Crippen LogP contribution in [0.15, 0.2) is 17.2 Å². The molecule has 106 valence electrons. The van der Waals surface area contributed by atoms with Gasteiger partial charge in [-0.25, -0.2) is 8.42 Å². The Labute approximate surface area is 117 Å². The molecule has 0 spiro atoms. The van der Waals surface area contributed by atoms with Crippen LogP contribution in [0.3, 0.4) is 0 Å². The van der Waals surface area contributed by atoms with Gasteiger partial charge in [-0.3, -0.25) is 4.79 Å². The summed E-state index contributed by atoms with van der Waals surface area (Å²) in [4.78, 5) is 16.0. The molecule has 1 aliphatic heterocycles. The zero-order valence-electron chi connectivity index (χ0n) is 10.9. The van der Waals surface area contributed by atoms with E-state index in [2.05, 4.69) is 4.98 Å². The van der Waals surface area contributed by atoms with Crippen LogP contribution in [0.4, 0.5) is 0 Å². The summed E-state index contributed by atoms with van der Waals surface area (Å²) in [5.41, 5.74) is 0.287. The molecule has 1 aliphatic rings. The van der Waals surface area contributed by atoms with Gasteiger partial charge in [-0.2, -0.15) is 16.1 Å². The van der Waals surface area contributed by atoms with Crippen molar-refractivity contribution < 1.29 is 13.2 Å². The van der Waals surface area contributed by atoms with Crippen LogP contribution in [0.5, 0.6) is 0 Å². The van der Waals surface area contributed by atoms with Gasteiger partial charge in [0.05, 0.1) is 0 Å². The lowest BCUT2D eigenvalue weighted by Crippen LogP contribution is -2.37. The molecule has 1 aromatic heterocycles. The van der Waals surface area contributed by atoms with Gasteiger partial charge >= 0.3 is 0 Å². The molecule has 19 heavy (non-hydrogen) atoms. The largest absolute Gasteiger partial charge is 0.356 e. The SMILES string of the molecule is CN(C)C(=O)c1cc(S(=O)(=O)N2CCSCC2)c[nH]1. The number of nitrogens with one attached hydrogen (secondary N) is 1. The first-order valence-electron chi connectivity index (χ1n) is 5.91. The van der Waals surface area contributed by atoms with E-state index in [-0.39, 0.29) is 16.5 Å². The highest BCUT2D eigenvalue weighted by atomic mass is 32.2. The third kappa shape index (κ3) is 2.96. The van der Waals surface area contributed by atoms with Gasteiger partial charge in [0, 0.05) is 44.9 Å². The summed E-state index contributed by atoms with van der Waals surface area (Å²) in [6, 6.07) is 1.40. The number of hydrogen-bond acceptors (Lipinski definition) is 4. The standard InChI is InChI=1S/C11H17N3O3S2/c1-13(2)11(15)10-7-9(8-12-10)19(16,17)14-3-5-18-6-4-14/h7-8,12H,3-6H2,1-2H3. The molecule has 2 heterocycles. The second-order valence-corrected chi connectivity index (χ2v) is 7.63. The van der Waals surface area contributed by atoms with Crippen LogP contribution in [0.1, 0.15) is 10.5 Å². The highest BCUT2D eigenvalue weighted by Crippen LogP contribution is 2.21. The van der Waals surface area contributed by atoms with Crippen molar-refractivity contribution in [2.24, 2.45) is 0 Å². The molecule has 0 unspecified atom stereocenters. The van der Waals surface area contributed by atoms with E-state index in [0.717, 1.165) is 11.5 Å². The van der Waals surface area contributed by atoms with E-state index in [0.29, 0.717) is 13.1 Å². The Morgan fingerprint density at radius 1 is 1.37 bits per heavy atom. The summed E-state index contributed by atoms with van der Waals surface area (Å²) in [5.74, 6) is 1.39. The van der Waals surface area contributed by atoms with Gasteiger partial charge in [-0.1, -0.05) is 0 Å². The molecule has 1 saturated heterocycles. The first-order chi connectivity index (χ1) is 8.93. The molecule has 0 atom stereocenters. The van der Waals surface area contributed by atoms with E-state index >= 15 is 0 Å². The summed E-state index contributed by atoms with van der Waals surface area (Å²) in [6.45, 7) is 1.05. The molecule has 8 heteroatoms. The monoisotopic (exact) mass is 303 g/mol. The van der Waals surface area contributed by atoms with Gasteiger partial charge in [0.1, 0.15) is 10.6 Å². The fraction of sp³-hybridized carbons (Fsp3) is 0.545. The quantitative estimate of drug-likeness (QED) is 0.880. The van der Waals surface area contributed by atoms with Crippen molar-refractivity contribution in [1.82, 2.24) is 14.2 Å². The van der Waals surface area contributed by atoms with Crippen LogP contribution in [-0.4, -0.2) is 67.2 Å². The fourth-order valence-corrected chi connectivity index (χ4v) is 4.39. The molecule has 0 radical (unpaired) electrons. The maximum absolute atomic E-state index is 12.4. The molecule has 2 rings (SSSR count). The first-order valence-corrected chi connectivity index (χ1v) is 8.50. The Morgan fingerprint density at radius 3 is 2.58 bits per heavy atom. The Hall–Kier alpha value is -0.990. The van der Waals surface area contributed by atoms with Crippen molar-refractivity contribution in [3.8, 4) is 0 Å². The highest BCUT2D eigenvalue weighted by Gasteiger charge is 2.27. The summed E-state index contributed by atoms with van der Waals surface area (Å²) in [7, 11) is -0.234. The van der Waals surface area contributed by atoms with E-state index < -0.39 is 10.0 Å². The molecule has 0 saturated carbocycles. The van der Waals surface area contributed by atoms with Crippen molar-refractivity contribution in [2.75, 3.05) is 38.7 Å². The molecule has 1 aromatic rings. The average molecular weight is 303 g/mol. The van der Waals surface area contributed by atoms with Crippen LogP contribution in [0.2, 0.25) is 0 Å². The predicted octanol–water partition coefficient (Wildman–Crippen LogP) is 0.454. The van der Waals surface area contributed by atoms with Gasteiger partial charge in [0.2, 0.25) is 10.0 Å². The maximum Gasteiger partial charge on any atom is 0.269 e. The third-order valence-corrected chi connectivity index (χ3v) is 5.72. The molecular weight excluding hydrogens is 286 g/mol. The van der Waals surface area contributed by atoms with Gasteiger partial charge in [-0.15, -0.1) is 0 Å². The minimum atomic E-state index is -3.48. The second-order valence-electron chi connectivity index (χ2n) is 4.47. The number of nitrogens with zero attached hydrogens (tertiary/aromatic N) is 2. The lowest BCUT2D eigenvalue weighted by atomic mass is 10.4. The number of carbonyl (C=O) groups is 1. The fourth-order valence-electron chi connectivity index (χ4n) is 1.82. The van der Waals surface area contributed by atoms with E-state index in [9.17, 15) is 13.2 Å². The normalized spacial score (nSPS) is 17.4. The van der Waals surface area contributed by atoms with Crippen molar-refractivity contribution in [3.63, 3.8) is 0 Å². The van der Waals surface area contributed by atoms with Crippen LogP contribution in [-0.2, 0) is 10.0 Å². The number of aromatic nitrogens is 1. The topological polar surface area (TPSA) is 73.5 Å². The zero-order valence-corrected chi connectivity index (χ0v) is 12.6. The van der Waals surface area contributed by atoms with Crippen molar-refractivity contribution >= 4 is 27.7 Å². The molecule has 1 fully saturated rings. The Morgan fingerprint density at radius 2 is 2.00 bits per heavy atom. The number of aromatic amines is 1. The zero-order chi connectivity index (χ0) is 14.0. The number of amides is 1. The second kappa shape index (κ2) is 5.56. The smallest absolute Gasteiger partial charge is 0.269 e. The van der Waals surface area contributed by atoms with E-state index in [4.69, 9.17) is 0 Å². The van der Waals surface area contributed by atoms with Gasteiger partial charge in [0.25, 0.3) is 5.91 Å². The lowest BCUT2D eigenvalue weighted by Gasteiger charge is -2.24. The van der Waals surface area contributed by atoms with E-state index in [1.165, 1.54) is 21.5 Å². The number of thioether (sulfide) groups is 1. The molecule has 1 N–H and O–H groups in total. The van der Waals surface area contributed by atoms with Crippen LogP contribution in [0.25, 0.3) is 0 Å². The first kappa shape index (κ1) is 14.4. The molecule has 0 aliphatic carbocycles. The van der Waals surface area contributed by atoms with Crippen molar-refractivity contribution in [3.05, 3.63) is 18.0 Å². The number of carbonyl (C=O) groups excluding carboxylic acids is 1. The van der Waals surface area contributed by atoms with Gasteiger partial charge in [0.15, 0.2) is 0 Å². The lowest BCUT2D eigenvalue weighted by molar-refractivity contribution is 0.0822. The minimum absolute atomic E-state index is 0.157.